The summed E-state index contributed by atoms with van der Waals surface area (Å²) in [7, 11) is 0. The summed E-state index contributed by atoms with van der Waals surface area (Å²) < 4.78 is 0. The molecule has 0 spiro atoms. The monoisotopic (exact) mass is 443 g/mol. The fourth-order valence-corrected chi connectivity index (χ4v) is 4.21. The van der Waals surface area contributed by atoms with Crippen LogP contribution in [0.25, 0.3) is 0 Å². The highest BCUT2D eigenvalue weighted by atomic mass is 16.4. The van der Waals surface area contributed by atoms with E-state index in [0.717, 1.165) is 29.8 Å². The van der Waals surface area contributed by atoms with Crippen LogP contribution in [0.4, 0.5) is 0 Å². The van der Waals surface area contributed by atoms with Gasteiger partial charge in [-0.2, -0.15) is 0 Å². The van der Waals surface area contributed by atoms with Crippen molar-refractivity contribution >= 4 is 29.6 Å². The number of piperidine rings is 1. The number of carboxylic acids is 1. The molecule has 9 heteroatoms. The van der Waals surface area contributed by atoms with Gasteiger partial charge in [-0.3, -0.25) is 34.2 Å². The van der Waals surface area contributed by atoms with Crippen molar-refractivity contribution in [3.05, 3.63) is 34.9 Å². The molecule has 3 rings (SSSR count). The molecule has 0 aliphatic carbocycles. The minimum absolute atomic E-state index is 0.0885. The molecule has 2 aliphatic heterocycles. The summed E-state index contributed by atoms with van der Waals surface area (Å²) in [6.45, 7) is 4.83. The SMILES string of the molecule is CC(C)(Cc1ccc2c(c1)C(=O)N(C1CCC(=O)NC1=O)C2=O)NCCCCCC(=O)O. The molecule has 0 radical (unpaired) electrons. The minimum atomic E-state index is -0.970. The molecule has 1 aromatic rings. The number of carbonyl (C=O) groups is 5. The molecule has 1 aromatic carbocycles. The van der Waals surface area contributed by atoms with E-state index >= 15 is 0 Å². The molecule has 1 saturated heterocycles. The van der Waals surface area contributed by atoms with Gasteiger partial charge < -0.3 is 10.4 Å². The lowest BCUT2D eigenvalue weighted by Crippen LogP contribution is -2.54. The van der Waals surface area contributed by atoms with Gasteiger partial charge in [-0.15, -0.1) is 0 Å². The van der Waals surface area contributed by atoms with E-state index in [1.165, 1.54) is 0 Å². The Kier molecular flexibility index (Phi) is 7.08. The van der Waals surface area contributed by atoms with E-state index in [1.807, 2.05) is 19.9 Å². The van der Waals surface area contributed by atoms with Crippen LogP contribution in [0.5, 0.6) is 0 Å². The normalized spacial score (nSPS) is 18.7. The molecular formula is C23H29N3O6. The number of rotatable bonds is 10. The maximum atomic E-state index is 13.0. The Labute approximate surface area is 186 Å². The van der Waals surface area contributed by atoms with Crippen LogP contribution in [0.1, 0.15) is 78.7 Å². The van der Waals surface area contributed by atoms with E-state index in [-0.39, 0.29) is 35.9 Å². The summed E-state index contributed by atoms with van der Waals surface area (Å²) >= 11 is 0. The molecule has 0 saturated carbocycles. The molecule has 0 aromatic heterocycles. The number of amides is 4. The maximum Gasteiger partial charge on any atom is 0.303 e. The lowest BCUT2D eigenvalue weighted by atomic mass is 9.92. The predicted molar refractivity (Wildman–Crippen MR) is 115 cm³/mol. The Balaban J connectivity index is 1.62. The molecule has 172 valence electrons. The molecule has 1 atom stereocenters. The van der Waals surface area contributed by atoms with E-state index in [2.05, 4.69) is 10.6 Å². The standard InChI is InChI=1S/C23H29N3O6/c1-23(2,24-11-5-3-4-6-19(28)29)13-14-7-8-15-16(12-14)22(32)26(21(15)31)17-9-10-18(27)25-20(17)30/h7-8,12,17,24H,3-6,9-11,13H2,1-2H3,(H,28,29)(H,25,27,30). The molecule has 4 amide bonds. The maximum absolute atomic E-state index is 13.0. The van der Waals surface area contributed by atoms with Crippen molar-refractivity contribution in [3.8, 4) is 0 Å². The topological polar surface area (TPSA) is 133 Å². The zero-order valence-electron chi connectivity index (χ0n) is 18.4. The molecule has 32 heavy (non-hydrogen) atoms. The molecule has 1 fully saturated rings. The summed E-state index contributed by atoms with van der Waals surface area (Å²) in [4.78, 5) is 60.8. The summed E-state index contributed by atoms with van der Waals surface area (Å²) in [5, 5.41) is 14.3. The number of unbranched alkanes of at least 4 members (excludes halogenated alkanes) is 2. The highest BCUT2D eigenvalue weighted by Gasteiger charge is 2.44. The average Bonchev–Trinajstić information content (AvgIpc) is 2.94. The molecule has 2 aliphatic rings. The van der Waals surface area contributed by atoms with E-state index in [1.54, 1.807) is 12.1 Å². The Hall–Kier alpha value is -3.07. The third kappa shape index (κ3) is 5.40. The minimum Gasteiger partial charge on any atom is -0.481 e. The molecule has 1 unspecified atom stereocenters. The van der Waals surface area contributed by atoms with Crippen molar-refractivity contribution < 1.29 is 29.1 Å². The number of benzene rings is 1. The van der Waals surface area contributed by atoms with Crippen molar-refractivity contribution in [2.45, 2.75) is 70.4 Å². The molecule has 9 nitrogen and oxygen atoms in total. The number of hydrogen-bond donors (Lipinski definition) is 3. The predicted octanol–water partition coefficient (Wildman–Crippen LogP) is 1.64. The zero-order valence-corrected chi connectivity index (χ0v) is 18.4. The van der Waals surface area contributed by atoms with Crippen LogP contribution in [0.3, 0.4) is 0 Å². The van der Waals surface area contributed by atoms with Gasteiger partial charge in [0, 0.05) is 18.4 Å². The smallest absolute Gasteiger partial charge is 0.303 e. The van der Waals surface area contributed by atoms with Crippen LogP contribution in [-0.4, -0.2) is 57.7 Å². The van der Waals surface area contributed by atoms with Crippen LogP contribution in [0, 0.1) is 0 Å². The number of nitrogens with one attached hydrogen (secondary N) is 2. The average molecular weight is 444 g/mol. The number of aliphatic carboxylic acids is 1. The van der Waals surface area contributed by atoms with Gasteiger partial charge in [-0.05, 0) is 63.8 Å². The van der Waals surface area contributed by atoms with Gasteiger partial charge in [0.1, 0.15) is 6.04 Å². The van der Waals surface area contributed by atoms with E-state index in [9.17, 15) is 24.0 Å². The second-order valence-electron chi connectivity index (χ2n) is 9.02. The molecular weight excluding hydrogens is 414 g/mol. The van der Waals surface area contributed by atoms with Crippen LogP contribution >= 0.6 is 0 Å². The lowest BCUT2D eigenvalue weighted by molar-refractivity contribution is -0.138. The van der Waals surface area contributed by atoms with Crippen LogP contribution < -0.4 is 10.6 Å². The van der Waals surface area contributed by atoms with Crippen LogP contribution in [0.2, 0.25) is 0 Å². The van der Waals surface area contributed by atoms with Crippen molar-refractivity contribution in [1.29, 1.82) is 0 Å². The number of fused-ring (bicyclic) bond motifs is 1. The summed E-state index contributed by atoms with van der Waals surface area (Å²) in [5.41, 5.74) is 1.17. The second-order valence-corrected chi connectivity index (χ2v) is 9.02. The highest BCUT2D eigenvalue weighted by Crippen LogP contribution is 2.29. The second kappa shape index (κ2) is 9.60. The first kappa shape index (κ1) is 23.6. The number of hydrogen-bond acceptors (Lipinski definition) is 6. The van der Waals surface area contributed by atoms with Gasteiger partial charge in [-0.1, -0.05) is 12.5 Å². The zero-order chi connectivity index (χ0) is 23.5. The first-order valence-corrected chi connectivity index (χ1v) is 10.9. The van der Waals surface area contributed by atoms with Gasteiger partial charge >= 0.3 is 5.97 Å². The summed E-state index contributed by atoms with van der Waals surface area (Å²) in [6.07, 6.45) is 3.38. The number of carboxylic acid groups (broad SMARTS) is 1. The molecule has 3 N–H and O–H groups in total. The number of nitrogens with zero attached hydrogens (tertiary/aromatic N) is 1. The Morgan fingerprint density at radius 1 is 1.12 bits per heavy atom. The van der Waals surface area contributed by atoms with E-state index in [4.69, 9.17) is 5.11 Å². The quantitative estimate of drug-likeness (QED) is 0.370. The number of carbonyl (C=O) groups excluding carboxylic acids is 4. The van der Waals surface area contributed by atoms with Gasteiger partial charge in [0.25, 0.3) is 11.8 Å². The third-order valence-electron chi connectivity index (χ3n) is 5.82. The highest BCUT2D eigenvalue weighted by molar-refractivity contribution is 6.23. The van der Waals surface area contributed by atoms with Gasteiger partial charge in [-0.25, -0.2) is 0 Å². The van der Waals surface area contributed by atoms with E-state index in [0.29, 0.717) is 12.8 Å². The van der Waals surface area contributed by atoms with Gasteiger partial charge in [0.2, 0.25) is 11.8 Å². The van der Waals surface area contributed by atoms with Crippen molar-refractivity contribution in [1.82, 2.24) is 15.5 Å². The number of imide groups is 2. The first-order chi connectivity index (χ1) is 15.1. The van der Waals surface area contributed by atoms with Crippen molar-refractivity contribution in [3.63, 3.8) is 0 Å². The fraction of sp³-hybridized carbons (Fsp3) is 0.522. The van der Waals surface area contributed by atoms with Crippen molar-refractivity contribution in [2.24, 2.45) is 0 Å². The first-order valence-electron chi connectivity index (χ1n) is 10.9. The third-order valence-corrected chi connectivity index (χ3v) is 5.82. The van der Waals surface area contributed by atoms with Gasteiger partial charge in [0.15, 0.2) is 0 Å². The van der Waals surface area contributed by atoms with Crippen LogP contribution in [0.15, 0.2) is 18.2 Å². The Bertz CT molecular complexity index is 955. The Morgan fingerprint density at radius 2 is 1.84 bits per heavy atom. The largest absolute Gasteiger partial charge is 0.481 e. The van der Waals surface area contributed by atoms with E-state index < -0.39 is 35.6 Å². The molecule has 0 bridgehead atoms. The Morgan fingerprint density at radius 3 is 2.53 bits per heavy atom. The fourth-order valence-electron chi connectivity index (χ4n) is 4.21. The van der Waals surface area contributed by atoms with Crippen LogP contribution in [-0.2, 0) is 20.8 Å². The summed E-state index contributed by atoms with van der Waals surface area (Å²) in [5.74, 6) is -2.82. The lowest BCUT2D eigenvalue weighted by Gasteiger charge is -2.27. The summed E-state index contributed by atoms with van der Waals surface area (Å²) in [6, 6.07) is 4.17. The van der Waals surface area contributed by atoms with Crippen molar-refractivity contribution in [2.75, 3.05) is 6.54 Å². The van der Waals surface area contributed by atoms with Gasteiger partial charge in [0.05, 0.1) is 11.1 Å². The molecule has 2 heterocycles.